The van der Waals surface area contributed by atoms with Gasteiger partial charge in [-0.05, 0) is 69.3 Å². The summed E-state index contributed by atoms with van der Waals surface area (Å²) >= 11 is 0. The summed E-state index contributed by atoms with van der Waals surface area (Å²) in [4.78, 5) is 14.2. The summed E-state index contributed by atoms with van der Waals surface area (Å²) in [5, 5.41) is 15.4. The first-order chi connectivity index (χ1) is 17.5. The molecule has 3 aromatic rings. The second kappa shape index (κ2) is 9.70. The quantitative estimate of drug-likeness (QED) is 0.582. The molecule has 0 aliphatic carbocycles. The SMILES string of the molecule is Cc1nc(N2CCO[C@@H](CO)C2)cc(-n2ncc3cc(C)c(C4CCN(C5COC5)C(C)C4)cc32)n1. The molecule has 3 fully saturated rings. The van der Waals surface area contributed by atoms with Crippen molar-refractivity contribution in [3.63, 3.8) is 0 Å². The molecule has 0 spiro atoms. The first-order valence-electron chi connectivity index (χ1n) is 13.2. The van der Waals surface area contributed by atoms with Crippen LogP contribution in [0.3, 0.4) is 0 Å². The van der Waals surface area contributed by atoms with Gasteiger partial charge in [-0.25, -0.2) is 14.6 Å². The average molecular weight is 493 g/mol. The third kappa shape index (κ3) is 4.38. The molecule has 5 heterocycles. The van der Waals surface area contributed by atoms with E-state index in [9.17, 15) is 5.11 Å². The van der Waals surface area contributed by atoms with Gasteiger partial charge in [0.25, 0.3) is 0 Å². The molecule has 9 heteroatoms. The van der Waals surface area contributed by atoms with Gasteiger partial charge in [-0.1, -0.05) is 0 Å². The molecule has 6 rings (SSSR count). The van der Waals surface area contributed by atoms with Gasteiger partial charge in [-0.3, -0.25) is 4.90 Å². The van der Waals surface area contributed by atoms with Crippen LogP contribution in [0.4, 0.5) is 5.82 Å². The number of morpholine rings is 1. The van der Waals surface area contributed by atoms with Crippen molar-refractivity contribution >= 4 is 16.7 Å². The number of anilines is 1. The molecule has 0 radical (unpaired) electrons. The molecule has 3 saturated heterocycles. The van der Waals surface area contributed by atoms with E-state index < -0.39 is 0 Å². The topological polar surface area (TPSA) is 88.8 Å². The standard InChI is InChI=1S/C27H36N6O3/c1-17-8-21-12-28-33(27-11-26(29-19(3)30-27)31-6-7-36-23(13-31)14-34)25(21)10-24(17)20-4-5-32(18(2)9-20)22-15-35-16-22/h8,10-12,18,20,22-23,34H,4-7,9,13-16H2,1-3H3/t18?,20?,23-/m1/s1. The van der Waals surface area contributed by atoms with Crippen LogP contribution in [0.1, 0.15) is 42.6 Å². The van der Waals surface area contributed by atoms with Gasteiger partial charge < -0.3 is 19.5 Å². The molecule has 3 aliphatic heterocycles. The van der Waals surface area contributed by atoms with Gasteiger partial charge in [-0.2, -0.15) is 5.10 Å². The van der Waals surface area contributed by atoms with E-state index in [-0.39, 0.29) is 12.7 Å². The van der Waals surface area contributed by atoms with Crippen molar-refractivity contribution in [2.24, 2.45) is 0 Å². The number of aliphatic hydroxyl groups is 1. The number of hydrogen-bond donors (Lipinski definition) is 1. The van der Waals surface area contributed by atoms with Gasteiger partial charge in [0, 0.05) is 30.6 Å². The number of fused-ring (bicyclic) bond motifs is 1. The van der Waals surface area contributed by atoms with Gasteiger partial charge >= 0.3 is 0 Å². The normalized spacial score (nSPS) is 25.9. The van der Waals surface area contributed by atoms with Crippen LogP contribution in [-0.4, -0.2) is 94.0 Å². The van der Waals surface area contributed by atoms with Crippen molar-refractivity contribution in [2.75, 3.05) is 51.0 Å². The number of benzene rings is 1. The Labute approximate surface area is 212 Å². The maximum Gasteiger partial charge on any atom is 0.159 e. The zero-order valence-corrected chi connectivity index (χ0v) is 21.4. The van der Waals surface area contributed by atoms with Crippen LogP contribution >= 0.6 is 0 Å². The molecule has 192 valence electrons. The lowest BCUT2D eigenvalue weighted by Gasteiger charge is -2.45. The molecule has 3 aliphatic rings. The largest absolute Gasteiger partial charge is 0.394 e. The highest BCUT2D eigenvalue weighted by Gasteiger charge is 2.35. The van der Waals surface area contributed by atoms with E-state index in [0.717, 1.165) is 55.3 Å². The molecule has 36 heavy (non-hydrogen) atoms. The van der Waals surface area contributed by atoms with E-state index in [1.165, 1.54) is 17.5 Å². The maximum absolute atomic E-state index is 9.56. The average Bonchev–Trinajstić information content (AvgIpc) is 3.26. The Hall–Kier alpha value is -2.59. The van der Waals surface area contributed by atoms with Crippen LogP contribution in [0, 0.1) is 13.8 Å². The lowest BCUT2D eigenvalue weighted by Crippen LogP contribution is -2.55. The number of aliphatic hydroxyl groups excluding tert-OH is 1. The Bertz CT molecular complexity index is 1240. The third-order valence-corrected chi connectivity index (χ3v) is 8.11. The van der Waals surface area contributed by atoms with E-state index in [1.54, 1.807) is 0 Å². The molecule has 0 bridgehead atoms. The zero-order valence-electron chi connectivity index (χ0n) is 21.4. The van der Waals surface area contributed by atoms with Gasteiger partial charge in [-0.15, -0.1) is 0 Å². The fourth-order valence-electron chi connectivity index (χ4n) is 6.10. The van der Waals surface area contributed by atoms with E-state index >= 15 is 0 Å². The Morgan fingerprint density at radius 2 is 1.92 bits per heavy atom. The number of piperidine rings is 1. The highest BCUT2D eigenvalue weighted by atomic mass is 16.5. The zero-order chi connectivity index (χ0) is 24.8. The summed E-state index contributed by atoms with van der Waals surface area (Å²) in [7, 11) is 0. The number of rotatable bonds is 5. The van der Waals surface area contributed by atoms with E-state index in [0.29, 0.717) is 37.0 Å². The number of aromatic nitrogens is 4. The summed E-state index contributed by atoms with van der Waals surface area (Å²) in [5.41, 5.74) is 3.84. The Morgan fingerprint density at radius 1 is 1.08 bits per heavy atom. The highest BCUT2D eigenvalue weighted by molar-refractivity contribution is 5.82. The Morgan fingerprint density at radius 3 is 2.67 bits per heavy atom. The van der Waals surface area contributed by atoms with Gasteiger partial charge in [0.05, 0.1) is 50.3 Å². The van der Waals surface area contributed by atoms with Crippen molar-refractivity contribution in [3.8, 4) is 5.82 Å². The summed E-state index contributed by atoms with van der Waals surface area (Å²) in [6.45, 7) is 11.3. The third-order valence-electron chi connectivity index (χ3n) is 8.11. The second-order valence-electron chi connectivity index (χ2n) is 10.6. The van der Waals surface area contributed by atoms with E-state index in [4.69, 9.17) is 19.6 Å². The predicted octanol–water partition coefficient (Wildman–Crippen LogP) is 2.60. The summed E-state index contributed by atoms with van der Waals surface area (Å²) in [5.74, 6) is 2.85. The van der Waals surface area contributed by atoms with Gasteiger partial charge in [0.15, 0.2) is 5.82 Å². The monoisotopic (exact) mass is 492 g/mol. The lowest BCUT2D eigenvalue weighted by molar-refractivity contribution is -0.0862. The second-order valence-corrected chi connectivity index (χ2v) is 10.6. The fraction of sp³-hybridized carbons (Fsp3) is 0.593. The van der Waals surface area contributed by atoms with Crippen LogP contribution in [-0.2, 0) is 9.47 Å². The molecule has 1 N–H and O–H groups in total. The van der Waals surface area contributed by atoms with Gasteiger partial charge in [0.2, 0.25) is 0 Å². The van der Waals surface area contributed by atoms with E-state index in [1.807, 2.05) is 23.9 Å². The minimum atomic E-state index is -0.195. The molecule has 0 saturated carbocycles. The van der Waals surface area contributed by atoms with Crippen molar-refractivity contribution < 1.29 is 14.6 Å². The van der Waals surface area contributed by atoms with Crippen LogP contribution < -0.4 is 4.90 Å². The van der Waals surface area contributed by atoms with Crippen LogP contribution in [0.15, 0.2) is 24.4 Å². The Kier molecular flexibility index (Phi) is 6.41. The summed E-state index contributed by atoms with van der Waals surface area (Å²) in [6, 6.07) is 7.76. The minimum Gasteiger partial charge on any atom is -0.394 e. The van der Waals surface area contributed by atoms with Crippen molar-refractivity contribution in [3.05, 3.63) is 41.3 Å². The van der Waals surface area contributed by atoms with Gasteiger partial charge in [0.1, 0.15) is 11.6 Å². The van der Waals surface area contributed by atoms with Crippen molar-refractivity contribution in [1.29, 1.82) is 0 Å². The first kappa shape index (κ1) is 23.8. The molecular formula is C27H36N6O3. The maximum atomic E-state index is 9.56. The number of nitrogens with zero attached hydrogens (tertiary/aromatic N) is 6. The number of likely N-dealkylation sites (tertiary alicyclic amines) is 1. The lowest BCUT2D eigenvalue weighted by atomic mass is 9.82. The van der Waals surface area contributed by atoms with Crippen LogP contribution in [0.2, 0.25) is 0 Å². The number of ether oxygens (including phenoxy) is 2. The minimum absolute atomic E-state index is 0.00528. The molecule has 1 aromatic carbocycles. The molecule has 3 atom stereocenters. The first-order valence-corrected chi connectivity index (χ1v) is 13.2. The molecule has 9 nitrogen and oxygen atoms in total. The fourth-order valence-corrected chi connectivity index (χ4v) is 6.10. The van der Waals surface area contributed by atoms with Crippen LogP contribution in [0.25, 0.3) is 16.7 Å². The number of hydrogen-bond acceptors (Lipinski definition) is 8. The summed E-state index contributed by atoms with van der Waals surface area (Å²) < 4.78 is 13.0. The van der Waals surface area contributed by atoms with Crippen molar-refractivity contribution in [1.82, 2.24) is 24.6 Å². The molecular weight excluding hydrogens is 456 g/mol. The molecule has 2 unspecified atom stereocenters. The molecule has 0 amide bonds. The van der Waals surface area contributed by atoms with Crippen molar-refractivity contribution in [2.45, 2.75) is 57.7 Å². The summed E-state index contributed by atoms with van der Waals surface area (Å²) in [6.07, 6.45) is 4.07. The van der Waals surface area contributed by atoms with Crippen LogP contribution in [0.5, 0.6) is 0 Å². The predicted molar refractivity (Wildman–Crippen MR) is 138 cm³/mol. The smallest absolute Gasteiger partial charge is 0.159 e. The highest BCUT2D eigenvalue weighted by Crippen LogP contribution is 2.37. The molecule has 2 aromatic heterocycles. The number of aryl methyl sites for hydroxylation is 2. The van der Waals surface area contributed by atoms with E-state index in [2.05, 4.69) is 40.8 Å². The Balaban J connectivity index is 1.31.